The Morgan fingerprint density at radius 2 is 1.97 bits per heavy atom. The quantitative estimate of drug-likeness (QED) is 0.426. The second kappa shape index (κ2) is 9.79. The van der Waals surface area contributed by atoms with Crippen molar-refractivity contribution in [1.82, 2.24) is 30.1 Å². The van der Waals surface area contributed by atoms with Gasteiger partial charge in [0.2, 0.25) is 5.82 Å². The van der Waals surface area contributed by atoms with Gasteiger partial charge in [0, 0.05) is 31.4 Å². The number of thiophene rings is 1. The number of nitrogen functional groups attached to an aromatic ring is 1. The zero-order valence-electron chi connectivity index (χ0n) is 18.0. The van der Waals surface area contributed by atoms with Crippen LogP contribution in [-0.2, 0) is 4.74 Å². The van der Waals surface area contributed by atoms with Crippen LogP contribution in [0.25, 0.3) is 28.2 Å². The van der Waals surface area contributed by atoms with Crippen LogP contribution >= 0.6 is 11.3 Å². The number of halogens is 2. The van der Waals surface area contributed by atoms with Gasteiger partial charge in [0.15, 0.2) is 17.4 Å². The summed E-state index contributed by atoms with van der Waals surface area (Å²) in [7, 11) is 0. The lowest BCUT2D eigenvalue weighted by Crippen LogP contribution is -2.38. The molecule has 34 heavy (non-hydrogen) atoms. The minimum Gasteiger partial charge on any atom is -0.489 e. The lowest BCUT2D eigenvalue weighted by Gasteiger charge is -2.26. The van der Waals surface area contributed by atoms with E-state index >= 15 is 4.39 Å². The highest BCUT2D eigenvalue weighted by Crippen LogP contribution is 2.32. The second-order valence-corrected chi connectivity index (χ2v) is 8.38. The van der Waals surface area contributed by atoms with Gasteiger partial charge in [0.1, 0.15) is 18.1 Å². The summed E-state index contributed by atoms with van der Waals surface area (Å²) in [6.45, 7) is 3.70. The van der Waals surface area contributed by atoms with Crippen LogP contribution in [0.4, 0.5) is 14.6 Å². The summed E-state index contributed by atoms with van der Waals surface area (Å²) in [5, 5.41) is 15.4. The molecule has 176 valence electrons. The first-order valence-corrected chi connectivity index (χ1v) is 11.5. The Bertz CT molecular complexity index is 1280. The van der Waals surface area contributed by atoms with Crippen LogP contribution in [0.1, 0.15) is 0 Å². The normalized spacial score (nSPS) is 14.4. The summed E-state index contributed by atoms with van der Waals surface area (Å²) in [5.74, 6) is -2.11. The lowest BCUT2D eigenvalue weighted by molar-refractivity contribution is 0.0320. The van der Waals surface area contributed by atoms with E-state index in [1.807, 2.05) is 16.8 Å². The minimum absolute atomic E-state index is 0.140. The average molecular weight is 486 g/mol. The molecule has 0 radical (unpaired) electrons. The molecule has 0 atom stereocenters. The van der Waals surface area contributed by atoms with Gasteiger partial charge in [-0.05, 0) is 51.0 Å². The van der Waals surface area contributed by atoms with Gasteiger partial charge < -0.3 is 15.2 Å². The third kappa shape index (κ3) is 4.47. The van der Waals surface area contributed by atoms with Gasteiger partial charge >= 0.3 is 0 Å². The van der Waals surface area contributed by atoms with Crippen molar-refractivity contribution in [1.29, 1.82) is 0 Å². The number of tetrazole rings is 1. The number of nitrogens with two attached hydrogens (primary N) is 1. The molecular weight excluding hydrogens is 464 g/mol. The van der Waals surface area contributed by atoms with E-state index in [0.29, 0.717) is 25.3 Å². The molecule has 0 unspecified atom stereocenters. The lowest BCUT2D eigenvalue weighted by atomic mass is 10.1. The second-order valence-electron chi connectivity index (χ2n) is 7.60. The van der Waals surface area contributed by atoms with E-state index in [0.717, 1.165) is 28.9 Å². The van der Waals surface area contributed by atoms with Gasteiger partial charge in [-0.15, -0.1) is 5.10 Å². The fourth-order valence-corrected chi connectivity index (χ4v) is 4.33. The largest absolute Gasteiger partial charge is 0.489 e. The predicted molar refractivity (Wildman–Crippen MR) is 123 cm³/mol. The van der Waals surface area contributed by atoms with Gasteiger partial charge in [-0.3, -0.25) is 4.90 Å². The van der Waals surface area contributed by atoms with Gasteiger partial charge in [-0.1, -0.05) is 0 Å². The summed E-state index contributed by atoms with van der Waals surface area (Å²) >= 11 is 1.54. The van der Waals surface area contributed by atoms with E-state index in [4.69, 9.17) is 15.2 Å². The van der Waals surface area contributed by atoms with E-state index in [1.54, 1.807) is 23.6 Å². The summed E-state index contributed by atoms with van der Waals surface area (Å²) < 4.78 is 41.8. The molecule has 3 aromatic heterocycles. The van der Waals surface area contributed by atoms with Crippen LogP contribution in [0.5, 0.6) is 5.75 Å². The number of hydrogen-bond donors (Lipinski definition) is 1. The molecule has 0 saturated carbocycles. The van der Waals surface area contributed by atoms with E-state index in [1.165, 1.54) is 12.1 Å². The van der Waals surface area contributed by atoms with Crippen molar-refractivity contribution >= 4 is 17.2 Å². The number of aromatic nitrogens is 5. The first-order chi connectivity index (χ1) is 16.6. The molecule has 5 rings (SSSR count). The van der Waals surface area contributed by atoms with Crippen molar-refractivity contribution in [3.63, 3.8) is 0 Å². The van der Waals surface area contributed by atoms with Crippen molar-refractivity contribution in [2.24, 2.45) is 0 Å². The Labute approximate surface area is 197 Å². The molecule has 1 fully saturated rings. The number of benzene rings is 1. The maximum Gasteiger partial charge on any atom is 0.202 e. The van der Waals surface area contributed by atoms with Crippen LogP contribution in [0, 0.1) is 11.6 Å². The van der Waals surface area contributed by atoms with Gasteiger partial charge in [0.05, 0.1) is 18.8 Å². The molecule has 1 aliphatic heterocycles. The molecule has 0 bridgehead atoms. The van der Waals surface area contributed by atoms with E-state index in [2.05, 4.69) is 25.4 Å². The fraction of sp³-hybridized carbons (Fsp3) is 0.273. The van der Waals surface area contributed by atoms with Gasteiger partial charge in [-0.25, -0.2) is 9.37 Å². The first-order valence-electron chi connectivity index (χ1n) is 10.6. The maximum atomic E-state index is 15.1. The number of pyridine rings is 1. The van der Waals surface area contributed by atoms with Crippen LogP contribution < -0.4 is 10.5 Å². The smallest absolute Gasteiger partial charge is 0.202 e. The van der Waals surface area contributed by atoms with Crippen LogP contribution in [-0.4, -0.2) is 69.5 Å². The Balaban J connectivity index is 1.40. The van der Waals surface area contributed by atoms with E-state index in [9.17, 15) is 4.39 Å². The Morgan fingerprint density at radius 1 is 1.12 bits per heavy atom. The Morgan fingerprint density at radius 3 is 2.76 bits per heavy atom. The highest BCUT2D eigenvalue weighted by Gasteiger charge is 2.22. The molecule has 1 saturated heterocycles. The molecule has 1 aromatic carbocycles. The zero-order chi connectivity index (χ0) is 23.5. The maximum absolute atomic E-state index is 15.1. The number of anilines is 1. The number of morpholine rings is 1. The molecule has 0 spiro atoms. The van der Waals surface area contributed by atoms with Crippen molar-refractivity contribution in [3.8, 4) is 34.0 Å². The summed E-state index contributed by atoms with van der Waals surface area (Å²) in [4.78, 5) is 6.37. The summed E-state index contributed by atoms with van der Waals surface area (Å²) in [6, 6.07) is 6.44. The van der Waals surface area contributed by atoms with E-state index in [-0.39, 0.29) is 29.7 Å². The topological polar surface area (TPSA) is 104 Å². The number of ether oxygens (including phenoxy) is 2. The first kappa shape index (κ1) is 22.3. The molecule has 0 aliphatic carbocycles. The number of nitrogens with zero attached hydrogens (tertiary/aromatic N) is 6. The minimum atomic E-state index is -1.13. The number of hydrogen-bond acceptors (Lipinski definition) is 9. The SMILES string of the molecule is Nc1ncc(-c2ccsc2)cc1-c1nnnn1-c1ccc(OCCN2CCOCC2)c(F)c1F. The van der Waals surface area contributed by atoms with Crippen molar-refractivity contribution in [2.75, 3.05) is 45.2 Å². The number of rotatable bonds is 7. The average Bonchev–Trinajstić information content (AvgIpc) is 3.56. The fourth-order valence-electron chi connectivity index (χ4n) is 3.66. The zero-order valence-corrected chi connectivity index (χ0v) is 18.8. The molecular formula is C22H21F2N7O2S. The monoisotopic (exact) mass is 485 g/mol. The Kier molecular flexibility index (Phi) is 6.43. The molecule has 9 nitrogen and oxygen atoms in total. The molecule has 4 aromatic rings. The third-order valence-electron chi connectivity index (χ3n) is 5.51. The van der Waals surface area contributed by atoms with Crippen molar-refractivity contribution < 1.29 is 18.3 Å². The molecule has 0 amide bonds. The van der Waals surface area contributed by atoms with Gasteiger partial charge in [-0.2, -0.15) is 20.4 Å². The standard InChI is InChI=1S/C22H21F2N7O2S/c23-19-17(1-2-18(20(19)24)33-9-6-30-4-7-32-8-5-30)31-22(27-28-29-31)16-11-15(12-26-21(16)25)14-3-10-34-13-14/h1-3,10-13H,4-9H2,(H2,25,26). The highest BCUT2D eigenvalue weighted by molar-refractivity contribution is 7.08. The molecule has 4 heterocycles. The van der Waals surface area contributed by atoms with Crippen LogP contribution in [0.2, 0.25) is 0 Å². The summed E-state index contributed by atoms with van der Waals surface area (Å²) in [6.07, 6.45) is 1.64. The van der Waals surface area contributed by atoms with Crippen molar-refractivity contribution in [3.05, 3.63) is 52.9 Å². The van der Waals surface area contributed by atoms with Crippen molar-refractivity contribution in [2.45, 2.75) is 0 Å². The third-order valence-corrected chi connectivity index (χ3v) is 6.19. The Hall–Kier alpha value is -3.48. The predicted octanol–water partition coefficient (Wildman–Crippen LogP) is 3.02. The van der Waals surface area contributed by atoms with E-state index < -0.39 is 11.6 Å². The molecule has 2 N–H and O–H groups in total. The molecule has 12 heteroatoms. The molecule has 1 aliphatic rings. The summed E-state index contributed by atoms with van der Waals surface area (Å²) in [5.41, 5.74) is 8.06. The van der Waals surface area contributed by atoms with Gasteiger partial charge in [0.25, 0.3) is 0 Å². The van der Waals surface area contributed by atoms with Crippen LogP contribution in [0.3, 0.4) is 0 Å². The van der Waals surface area contributed by atoms with Crippen LogP contribution in [0.15, 0.2) is 41.2 Å². The highest BCUT2D eigenvalue weighted by atomic mass is 32.1.